The lowest BCUT2D eigenvalue weighted by Gasteiger charge is -2.31. The minimum atomic E-state index is -2.97. The van der Waals surface area contributed by atoms with Crippen molar-refractivity contribution in [3.8, 4) is 11.5 Å². The lowest BCUT2D eigenvalue weighted by Crippen LogP contribution is -2.23. The SMILES string of the molecule is CN(C)C(=O)c1ccc(Oc2cc(CSP3(=O)OCCCN3C)ccc2[N+](=O)[O-])cc1. The number of amides is 1. The van der Waals surface area contributed by atoms with E-state index in [2.05, 4.69) is 0 Å². The van der Waals surface area contributed by atoms with Crippen LogP contribution in [0.5, 0.6) is 11.5 Å². The van der Waals surface area contributed by atoms with Crippen LogP contribution < -0.4 is 4.74 Å². The summed E-state index contributed by atoms with van der Waals surface area (Å²) in [6.45, 7) is -1.81. The normalized spacial score (nSPS) is 19.1. The van der Waals surface area contributed by atoms with Gasteiger partial charge >= 0.3 is 12.4 Å². The average Bonchev–Trinajstić information content (AvgIpc) is 2.74. The topological polar surface area (TPSA) is 102 Å². The number of ether oxygens (including phenoxy) is 1. The van der Waals surface area contributed by atoms with E-state index in [1.54, 1.807) is 62.2 Å². The Hall–Kier alpha value is -2.39. The Morgan fingerprint density at radius 1 is 1.29 bits per heavy atom. The first kappa shape index (κ1) is 23.3. The molecule has 0 N–H and O–H groups in total. The third kappa shape index (κ3) is 5.65. The summed E-state index contributed by atoms with van der Waals surface area (Å²) < 4.78 is 25.9. The van der Waals surface area contributed by atoms with Gasteiger partial charge in [0.1, 0.15) is 5.75 Å². The molecule has 1 unspecified atom stereocenters. The number of carbonyl (C=O) groups is 1. The van der Waals surface area contributed by atoms with E-state index in [4.69, 9.17) is 9.26 Å². The zero-order valence-corrected chi connectivity index (χ0v) is 19.2. The molecule has 1 aliphatic rings. The molecule has 0 spiro atoms. The van der Waals surface area contributed by atoms with Gasteiger partial charge in [-0.15, -0.1) is 0 Å². The lowest BCUT2D eigenvalue weighted by atomic mass is 10.2. The molecule has 1 aliphatic heterocycles. The van der Waals surface area contributed by atoms with Crippen molar-refractivity contribution in [1.29, 1.82) is 0 Å². The number of nitrogens with zero attached hydrogens (tertiary/aromatic N) is 3. The van der Waals surface area contributed by atoms with Crippen LogP contribution in [0.15, 0.2) is 42.5 Å². The predicted octanol–water partition coefficient (Wildman–Crippen LogP) is 4.78. The lowest BCUT2D eigenvalue weighted by molar-refractivity contribution is -0.385. The summed E-state index contributed by atoms with van der Waals surface area (Å²) >= 11 is 1.19. The molecular formula is C20H24N3O6PS. The molecule has 2 aromatic carbocycles. The fraction of sp³-hybridized carbons (Fsp3) is 0.350. The van der Waals surface area contributed by atoms with E-state index in [0.717, 1.165) is 12.0 Å². The molecule has 3 rings (SSSR count). The van der Waals surface area contributed by atoms with E-state index in [9.17, 15) is 19.5 Å². The molecular weight excluding hydrogens is 441 g/mol. The van der Waals surface area contributed by atoms with Crippen LogP contribution in [0.2, 0.25) is 0 Å². The van der Waals surface area contributed by atoms with E-state index in [0.29, 0.717) is 30.2 Å². The Kier molecular flexibility index (Phi) is 7.38. The molecule has 0 aliphatic carbocycles. The van der Waals surface area contributed by atoms with E-state index in [-0.39, 0.29) is 17.3 Å². The van der Waals surface area contributed by atoms with Gasteiger partial charge in [-0.1, -0.05) is 6.07 Å². The highest BCUT2D eigenvalue weighted by Gasteiger charge is 2.33. The van der Waals surface area contributed by atoms with Crippen LogP contribution in [-0.4, -0.2) is 54.7 Å². The summed E-state index contributed by atoms with van der Waals surface area (Å²) in [4.78, 5) is 24.4. The fourth-order valence-corrected chi connectivity index (χ4v) is 6.84. The van der Waals surface area contributed by atoms with Gasteiger partial charge in [-0.2, -0.15) is 0 Å². The number of benzene rings is 2. The second-order valence-electron chi connectivity index (χ2n) is 7.20. The van der Waals surface area contributed by atoms with Crippen LogP contribution in [0.3, 0.4) is 0 Å². The van der Waals surface area contributed by atoms with Gasteiger partial charge in [0.15, 0.2) is 0 Å². The molecule has 0 radical (unpaired) electrons. The Bertz CT molecular complexity index is 1010. The molecule has 166 valence electrons. The number of hydrogen-bond donors (Lipinski definition) is 0. The molecule has 1 amide bonds. The van der Waals surface area contributed by atoms with Crippen LogP contribution in [0, 0.1) is 10.1 Å². The number of rotatable bonds is 7. The van der Waals surface area contributed by atoms with Gasteiger partial charge in [0, 0.05) is 38.0 Å². The monoisotopic (exact) mass is 465 g/mol. The van der Waals surface area contributed by atoms with Crippen molar-refractivity contribution in [2.24, 2.45) is 0 Å². The summed E-state index contributed by atoms with van der Waals surface area (Å²) in [7, 11) is 5.08. The molecule has 0 saturated carbocycles. The average molecular weight is 465 g/mol. The van der Waals surface area contributed by atoms with E-state index in [1.807, 2.05) is 0 Å². The molecule has 1 atom stereocenters. The number of nitro benzene ring substituents is 1. The standard InChI is InChI=1S/C20H24N3O6PS/c1-21(2)20(24)16-6-8-17(9-7-16)29-19-13-15(5-10-18(19)23(25)26)14-31-30(27)22(3)11-4-12-28-30/h5-10,13H,4,11-12,14H2,1-3H3. The van der Waals surface area contributed by atoms with Gasteiger partial charge in [0.05, 0.1) is 11.5 Å². The van der Waals surface area contributed by atoms with E-state index in [1.165, 1.54) is 22.3 Å². The summed E-state index contributed by atoms with van der Waals surface area (Å²) in [5.74, 6) is 0.644. The number of hydrogen-bond acceptors (Lipinski definition) is 7. The molecule has 1 fully saturated rings. The Labute approximate surface area is 184 Å². The second-order valence-corrected chi connectivity index (χ2v) is 11.8. The first-order chi connectivity index (χ1) is 14.7. The third-order valence-corrected chi connectivity index (χ3v) is 9.50. The van der Waals surface area contributed by atoms with Gasteiger partial charge in [0.25, 0.3) is 5.91 Å². The van der Waals surface area contributed by atoms with Gasteiger partial charge in [-0.25, -0.2) is 4.67 Å². The molecule has 2 aromatic rings. The van der Waals surface area contributed by atoms with Gasteiger partial charge in [-0.05, 0) is 60.7 Å². The van der Waals surface area contributed by atoms with Crippen LogP contribution in [0.4, 0.5) is 5.69 Å². The minimum Gasteiger partial charge on any atom is -0.450 e. The zero-order chi connectivity index (χ0) is 22.6. The van der Waals surface area contributed by atoms with E-state index < -0.39 is 11.6 Å². The molecule has 1 heterocycles. The summed E-state index contributed by atoms with van der Waals surface area (Å²) in [6.07, 6.45) is 0.829. The molecule has 31 heavy (non-hydrogen) atoms. The van der Waals surface area contributed by atoms with E-state index >= 15 is 0 Å². The van der Waals surface area contributed by atoms with Crippen molar-refractivity contribution < 1.29 is 23.5 Å². The summed E-state index contributed by atoms with van der Waals surface area (Å²) in [6, 6.07) is 10.9. The first-order valence-electron chi connectivity index (χ1n) is 9.57. The van der Waals surface area contributed by atoms with Crippen molar-refractivity contribution in [3.05, 3.63) is 63.7 Å². The zero-order valence-electron chi connectivity index (χ0n) is 17.5. The fourth-order valence-electron chi connectivity index (χ4n) is 2.92. The highest BCUT2D eigenvalue weighted by atomic mass is 32.7. The quantitative estimate of drug-likeness (QED) is 0.327. The maximum atomic E-state index is 12.9. The maximum absolute atomic E-state index is 12.9. The smallest absolute Gasteiger partial charge is 0.329 e. The van der Waals surface area contributed by atoms with Gasteiger partial charge in [-0.3, -0.25) is 19.5 Å². The van der Waals surface area contributed by atoms with Crippen molar-refractivity contribution >= 4 is 29.7 Å². The Balaban J connectivity index is 1.78. The summed E-state index contributed by atoms with van der Waals surface area (Å²) in [5, 5.41) is 11.4. The number of carbonyl (C=O) groups excluding carboxylic acids is 1. The van der Waals surface area contributed by atoms with Crippen molar-refractivity contribution in [3.63, 3.8) is 0 Å². The Morgan fingerprint density at radius 2 is 2.00 bits per heavy atom. The maximum Gasteiger partial charge on any atom is 0.329 e. The first-order valence-corrected chi connectivity index (χ1v) is 12.7. The molecule has 9 nitrogen and oxygen atoms in total. The highest BCUT2D eigenvalue weighted by molar-refractivity contribution is 8.55. The van der Waals surface area contributed by atoms with Gasteiger partial charge < -0.3 is 14.2 Å². The van der Waals surface area contributed by atoms with Crippen molar-refractivity contribution in [1.82, 2.24) is 9.57 Å². The summed E-state index contributed by atoms with van der Waals surface area (Å²) in [5.41, 5.74) is 1.03. The Morgan fingerprint density at radius 3 is 2.61 bits per heavy atom. The third-order valence-electron chi connectivity index (χ3n) is 4.65. The van der Waals surface area contributed by atoms with Gasteiger partial charge in [0.2, 0.25) is 5.75 Å². The van der Waals surface area contributed by atoms with Crippen LogP contribution in [-0.2, 0) is 14.8 Å². The van der Waals surface area contributed by atoms with Crippen LogP contribution in [0.25, 0.3) is 0 Å². The minimum absolute atomic E-state index is 0.0750. The predicted molar refractivity (Wildman–Crippen MR) is 120 cm³/mol. The highest BCUT2D eigenvalue weighted by Crippen LogP contribution is 2.64. The van der Waals surface area contributed by atoms with Crippen LogP contribution in [0.1, 0.15) is 22.3 Å². The second kappa shape index (κ2) is 9.82. The van der Waals surface area contributed by atoms with Crippen molar-refractivity contribution in [2.45, 2.75) is 12.2 Å². The van der Waals surface area contributed by atoms with Crippen molar-refractivity contribution in [2.75, 3.05) is 34.3 Å². The molecule has 0 bridgehead atoms. The number of nitro groups is 1. The molecule has 1 saturated heterocycles. The van der Waals surface area contributed by atoms with Crippen LogP contribution >= 0.6 is 18.1 Å². The molecule has 0 aromatic heterocycles. The molecule has 11 heteroatoms. The largest absolute Gasteiger partial charge is 0.450 e.